The van der Waals surface area contributed by atoms with Crippen molar-refractivity contribution in [3.05, 3.63) is 0 Å². The van der Waals surface area contributed by atoms with Crippen LogP contribution >= 0.6 is 0 Å². The number of esters is 1. The molecule has 0 saturated heterocycles. The second kappa shape index (κ2) is 31.8. The predicted molar refractivity (Wildman–Crippen MR) is 181 cm³/mol. The number of hydrogen-bond donors (Lipinski definition) is 4. The smallest absolute Gasteiger partial charge is 0.328 e. The van der Waals surface area contributed by atoms with E-state index in [0.29, 0.717) is 12.8 Å². The number of amides is 2. The Morgan fingerprint density at radius 3 is 1.47 bits per heavy atom. The van der Waals surface area contributed by atoms with E-state index in [1.165, 1.54) is 89.9 Å². The van der Waals surface area contributed by atoms with E-state index in [2.05, 4.69) is 24.5 Å². The summed E-state index contributed by atoms with van der Waals surface area (Å²) in [6.45, 7) is 3.39. The minimum Gasteiger partial charge on any atom is -0.480 e. The number of hydrogen-bond acceptors (Lipinski definition) is 6. The maximum absolute atomic E-state index is 12.6. The minimum atomic E-state index is -1.39. The van der Waals surface area contributed by atoms with Crippen LogP contribution in [0, 0.1) is 0 Å². The van der Waals surface area contributed by atoms with Gasteiger partial charge < -0.3 is 25.6 Å². The molecule has 0 rings (SSSR count). The van der Waals surface area contributed by atoms with Crippen LogP contribution in [-0.4, -0.2) is 59.3 Å². The number of carbonyl (C=O) groups excluding carboxylic acids is 3. The summed E-state index contributed by atoms with van der Waals surface area (Å²) < 4.78 is 5.88. The Bertz CT molecular complexity index is 747. The summed E-state index contributed by atoms with van der Waals surface area (Å²) in [5.74, 6) is -2.38. The van der Waals surface area contributed by atoms with E-state index in [9.17, 15) is 19.2 Å². The van der Waals surface area contributed by atoms with Crippen molar-refractivity contribution in [1.29, 1.82) is 0 Å². The third kappa shape index (κ3) is 29.0. The zero-order valence-electron chi connectivity index (χ0n) is 28.9. The van der Waals surface area contributed by atoms with Gasteiger partial charge in [-0.25, -0.2) is 4.79 Å². The molecule has 0 aliphatic heterocycles. The highest BCUT2D eigenvalue weighted by Gasteiger charge is 2.19. The zero-order valence-corrected chi connectivity index (χ0v) is 28.9. The second-order valence-corrected chi connectivity index (χ2v) is 12.7. The molecule has 9 heteroatoms. The largest absolute Gasteiger partial charge is 0.480 e. The third-order valence-electron chi connectivity index (χ3n) is 8.35. The van der Waals surface area contributed by atoms with Gasteiger partial charge in [0.05, 0.1) is 13.2 Å². The van der Waals surface area contributed by atoms with Crippen LogP contribution in [0.1, 0.15) is 181 Å². The number of carboxylic acids is 1. The van der Waals surface area contributed by atoms with E-state index in [-0.39, 0.29) is 30.9 Å². The van der Waals surface area contributed by atoms with Gasteiger partial charge in [-0.1, -0.05) is 129 Å². The molecule has 0 radical (unpaired) electrons. The van der Waals surface area contributed by atoms with Gasteiger partial charge in [0.15, 0.2) is 0 Å². The van der Waals surface area contributed by atoms with Gasteiger partial charge in [-0.05, 0) is 38.5 Å². The highest BCUT2D eigenvalue weighted by Crippen LogP contribution is 2.18. The maximum atomic E-state index is 12.6. The molecule has 0 saturated carbocycles. The molecular formula is C36H68N2O7. The minimum absolute atomic E-state index is 0.0723. The van der Waals surface area contributed by atoms with E-state index < -0.39 is 24.5 Å². The number of aliphatic hydroxyl groups is 1. The second-order valence-electron chi connectivity index (χ2n) is 12.7. The summed E-state index contributed by atoms with van der Waals surface area (Å²) in [5.41, 5.74) is 0. The van der Waals surface area contributed by atoms with E-state index in [0.717, 1.165) is 57.8 Å². The van der Waals surface area contributed by atoms with Crippen molar-refractivity contribution < 1.29 is 34.1 Å². The van der Waals surface area contributed by atoms with Crippen molar-refractivity contribution in [1.82, 2.24) is 10.6 Å². The maximum Gasteiger partial charge on any atom is 0.328 e. The Balaban J connectivity index is 4.02. The van der Waals surface area contributed by atoms with Crippen LogP contribution in [0.5, 0.6) is 0 Å². The average Bonchev–Trinajstić information content (AvgIpc) is 3.02. The summed E-state index contributed by atoms with van der Waals surface area (Å²) in [6, 6.07) is -1.39. The van der Waals surface area contributed by atoms with E-state index in [1.54, 1.807) is 0 Å². The first-order valence-corrected chi connectivity index (χ1v) is 18.4. The fourth-order valence-electron chi connectivity index (χ4n) is 5.48. The van der Waals surface area contributed by atoms with Gasteiger partial charge in [0.2, 0.25) is 11.8 Å². The van der Waals surface area contributed by atoms with E-state index >= 15 is 0 Å². The van der Waals surface area contributed by atoms with Crippen molar-refractivity contribution in [2.24, 2.45) is 0 Å². The molecule has 264 valence electrons. The molecule has 45 heavy (non-hydrogen) atoms. The molecule has 0 aromatic carbocycles. The first-order valence-electron chi connectivity index (χ1n) is 18.4. The first-order chi connectivity index (χ1) is 21.8. The normalized spacial score (nSPS) is 12.4. The molecule has 9 nitrogen and oxygen atoms in total. The van der Waals surface area contributed by atoms with Crippen molar-refractivity contribution in [3.8, 4) is 0 Å². The van der Waals surface area contributed by atoms with Gasteiger partial charge in [0, 0.05) is 12.8 Å². The Morgan fingerprint density at radius 1 is 0.578 bits per heavy atom. The Labute approximate surface area is 274 Å². The number of aliphatic carboxylic acids is 1. The molecule has 0 heterocycles. The van der Waals surface area contributed by atoms with Crippen molar-refractivity contribution in [3.63, 3.8) is 0 Å². The summed E-state index contributed by atoms with van der Waals surface area (Å²) in [7, 11) is 0. The van der Waals surface area contributed by atoms with Gasteiger partial charge in [-0.2, -0.15) is 0 Å². The molecule has 0 fully saturated rings. The van der Waals surface area contributed by atoms with Crippen LogP contribution in [0.3, 0.4) is 0 Å². The SMILES string of the molecule is CCCCCCCCCCCCCCCCCC(=O)OC(CCCCCC)CCCCCC(=O)NCC(=O)NC(CO)C(=O)O. The van der Waals surface area contributed by atoms with Crippen LogP contribution in [0.2, 0.25) is 0 Å². The fraction of sp³-hybridized carbons (Fsp3) is 0.889. The Hall–Kier alpha value is -2.16. The molecule has 0 aliphatic rings. The standard InChI is InChI=1S/C36H68N2O7/c1-3-5-7-9-10-11-12-13-14-15-16-17-18-19-24-28-35(42)45-31(25-21-8-6-4-2)26-22-20-23-27-33(40)37-29-34(41)38-32(30-39)36(43)44/h31-32,39H,3-30H2,1-2H3,(H,37,40)(H,38,41)(H,43,44). The lowest BCUT2D eigenvalue weighted by atomic mass is 10.0. The van der Waals surface area contributed by atoms with Crippen LogP contribution < -0.4 is 10.6 Å². The lowest BCUT2D eigenvalue weighted by Crippen LogP contribution is -2.47. The lowest BCUT2D eigenvalue weighted by Gasteiger charge is -2.18. The molecule has 2 unspecified atom stereocenters. The molecule has 0 aliphatic carbocycles. The van der Waals surface area contributed by atoms with Gasteiger partial charge in [0.1, 0.15) is 12.1 Å². The first kappa shape index (κ1) is 42.8. The number of aliphatic hydroxyl groups excluding tert-OH is 1. The van der Waals surface area contributed by atoms with Crippen molar-refractivity contribution in [2.75, 3.05) is 13.2 Å². The molecule has 2 atom stereocenters. The number of nitrogens with one attached hydrogen (secondary N) is 2. The molecule has 0 aromatic rings. The highest BCUT2D eigenvalue weighted by atomic mass is 16.5. The fourth-order valence-corrected chi connectivity index (χ4v) is 5.48. The summed E-state index contributed by atoms with van der Waals surface area (Å²) in [5, 5.41) is 22.4. The van der Waals surface area contributed by atoms with Gasteiger partial charge >= 0.3 is 11.9 Å². The quantitative estimate of drug-likeness (QED) is 0.0424. The lowest BCUT2D eigenvalue weighted by molar-refractivity contribution is -0.150. The van der Waals surface area contributed by atoms with E-state index in [4.69, 9.17) is 14.9 Å². The molecule has 2 amide bonds. The van der Waals surface area contributed by atoms with Crippen molar-refractivity contribution >= 4 is 23.8 Å². The Morgan fingerprint density at radius 2 is 1.00 bits per heavy atom. The van der Waals surface area contributed by atoms with Crippen LogP contribution in [0.15, 0.2) is 0 Å². The molecule has 0 aromatic heterocycles. The molecular weight excluding hydrogens is 572 g/mol. The molecule has 0 spiro atoms. The van der Waals surface area contributed by atoms with Gasteiger partial charge in [0.25, 0.3) is 0 Å². The number of unbranched alkanes of at least 4 members (excludes halogenated alkanes) is 19. The zero-order chi connectivity index (χ0) is 33.4. The molecule has 0 bridgehead atoms. The van der Waals surface area contributed by atoms with E-state index in [1.807, 2.05) is 0 Å². The number of carboxylic acid groups (broad SMARTS) is 1. The Kier molecular flexibility index (Phi) is 30.3. The highest BCUT2D eigenvalue weighted by molar-refractivity contribution is 5.87. The third-order valence-corrected chi connectivity index (χ3v) is 8.35. The van der Waals surface area contributed by atoms with Crippen LogP contribution in [0.25, 0.3) is 0 Å². The summed E-state index contributed by atoms with van der Waals surface area (Å²) in [4.78, 5) is 47.2. The topological polar surface area (TPSA) is 142 Å². The predicted octanol–water partition coefficient (Wildman–Crippen LogP) is 7.76. The van der Waals surface area contributed by atoms with Gasteiger partial charge in [-0.15, -0.1) is 0 Å². The van der Waals surface area contributed by atoms with Gasteiger partial charge in [-0.3, -0.25) is 14.4 Å². The number of rotatable bonds is 33. The number of ether oxygens (including phenoxy) is 1. The van der Waals surface area contributed by atoms with Crippen LogP contribution in [-0.2, 0) is 23.9 Å². The average molecular weight is 641 g/mol. The van der Waals surface area contributed by atoms with Crippen molar-refractivity contribution in [2.45, 2.75) is 193 Å². The molecule has 4 N–H and O–H groups in total. The summed E-state index contributed by atoms with van der Waals surface area (Å²) in [6.07, 6.45) is 28.7. The van der Waals surface area contributed by atoms with Crippen LogP contribution in [0.4, 0.5) is 0 Å². The summed E-state index contributed by atoms with van der Waals surface area (Å²) >= 11 is 0. The monoisotopic (exact) mass is 641 g/mol. The number of carbonyl (C=O) groups is 4.